The first-order valence-corrected chi connectivity index (χ1v) is 20.0. The average molecular weight is 935 g/mol. The number of nitrogens with zero attached hydrogens (tertiary/aromatic N) is 4. The van der Waals surface area contributed by atoms with Crippen LogP contribution in [0, 0.1) is 0 Å². The molecule has 6 rings (SSSR count). The first kappa shape index (κ1) is 53.9. The van der Waals surface area contributed by atoms with E-state index in [-0.39, 0.29) is 63.8 Å². The molecule has 0 aliphatic carbocycles. The van der Waals surface area contributed by atoms with E-state index in [0.29, 0.717) is 0 Å². The number of pyridine rings is 4. The topological polar surface area (TPSA) is 396 Å². The number of rotatable bonds is 4. The van der Waals surface area contributed by atoms with Crippen LogP contribution < -0.4 is 19.6 Å². The molecule has 4 aromatic heterocycles. The minimum Gasteiger partial charge on any atom is -0.776 e. The predicted octanol–water partition coefficient (Wildman–Crippen LogP) is -0.601. The maximum Gasteiger partial charge on any atom is 2.00 e. The molecular weight excluding hydrogens is 903 g/mol. The van der Waals surface area contributed by atoms with Crippen LogP contribution in [-0.4, -0.2) is 70.8 Å². The van der Waals surface area contributed by atoms with Gasteiger partial charge in [0.15, 0.2) is 40.5 Å². The van der Waals surface area contributed by atoms with Crippen molar-refractivity contribution in [1.29, 1.82) is 0 Å². The molecule has 284 valence electrons. The van der Waals surface area contributed by atoms with Gasteiger partial charge in [0.1, 0.15) is 0 Å². The summed E-state index contributed by atoms with van der Waals surface area (Å²) in [6.07, 6.45) is 7.21. The zero-order valence-electron chi connectivity index (χ0n) is 28.2. The Hall–Kier alpha value is -2.23. The number of hydrogen-bond acceptors (Lipinski definition) is 14. The Kier molecular flexibility index (Phi) is 20.7. The Bertz CT molecular complexity index is 2010. The quantitative estimate of drug-likeness (QED) is 0.0730. The van der Waals surface area contributed by atoms with E-state index < -0.39 is 40.5 Å². The van der Waals surface area contributed by atoms with Gasteiger partial charge in [0.25, 0.3) is 0 Å². The van der Waals surface area contributed by atoms with E-state index in [1.165, 1.54) is 0 Å². The molecule has 0 saturated heterocycles. The summed E-state index contributed by atoms with van der Waals surface area (Å²) in [7, 11) is -22.0. The molecule has 0 amide bonds. The van der Waals surface area contributed by atoms with E-state index in [4.69, 9.17) is 29.8 Å². The third-order valence-corrected chi connectivity index (χ3v) is 14.1. The molecule has 20 nitrogen and oxygen atoms in total. The molecule has 10 N–H and O–H groups in total. The summed E-state index contributed by atoms with van der Waals surface area (Å²) in [6, 6.07) is 24.3. The minimum atomic E-state index is -5.51. The van der Waals surface area contributed by atoms with E-state index in [9.17, 15) is 37.8 Å². The SMILES string of the molecule is CC(O)(P(=O)([O-])O)P(=O)([O-])O.CC(O)(P(=O)([O-])O)P(=O)([O-])O.O.O.[Zn+2].[Zn+2].c1cnc2c(c1)ccc1cccnc12.c1cnc2c(c1)ccc1cccnc12. The van der Waals surface area contributed by atoms with Crippen LogP contribution in [0.2, 0.25) is 0 Å². The van der Waals surface area contributed by atoms with E-state index in [1.54, 1.807) is 24.8 Å². The van der Waals surface area contributed by atoms with Crippen LogP contribution in [0.1, 0.15) is 13.8 Å². The van der Waals surface area contributed by atoms with Crippen LogP contribution >= 0.6 is 30.4 Å². The fourth-order valence-electron chi connectivity index (χ4n) is 3.68. The number of fused-ring (bicyclic) bond motifs is 6. The zero-order chi connectivity index (χ0) is 37.8. The van der Waals surface area contributed by atoms with E-state index in [1.807, 2.05) is 24.3 Å². The summed E-state index contributed by atoms with van der Waals surface area (Å²) >= 11 is 0. The molecule has 0 radical (unpaired) electrons. The molecule has 0 saturated carbocycles. The van der Waals surface area contributed by atoms with Crippen LogP contribution in [0.15, 0.2) is 97.6 Å². The molecule has 6 aromatic rings. The molecule has 26 heteroatoms. The fourth-order valence-corrected chi connectivity index (χ4v) is 6.23. The van der Waals surface area contributed by atoms with Crippen molar-refractivity contribution >= 4 is 74.0 Å². The van der Waals surface area contributed by atoms with Crippen molar-refractivity contribution in [2.45, 2.75) is 24.0 Å². The van der Waals surface area contributed by atoms with Gasteiger partial charge in [-0.2, -0.15) is 0 Å². The number of hydrogen-bond donors (Lipinski definition) is 6. The van der Waals surface area contributed by atoms with Gasteiger partial charge in [0.2, 0.25) is 0 Å². The Morgan fingerprint density at radius 1 is 0.444 bits per heavy atom. The summed E-state index contributed by atoms with van der Waals surface area (Å²) in [6.45, 7) is 0.517. The molecule has 0 aliphatic heterocycles. The zero-order valence-corrected chi connectivity index (χ0v) is 37.7. The van der Waals surface area contributed by atoms with Gasteiger partial charge in [-0.3, -0.25) is 19.9 Å². The van der Waals surface area contributed by atoms with Gasteiger partial charge in [0, 0.05) is 46.3 Å². The molecule has 54 heavy (non-hydrogen) atoms. The van der Waals surface area contributed by atoms with Gasteiger partial charge < -0.3 is 78.6 Å². The normalized spacial score (nSPS) is 17.1. The molecule has 0 aliphatic rings. The maximum absolute atomic E-state index is 10.1. The average Bonchev–Trinajstić information content (AvgIpc) is 3.03. The number of benzene rings is 2. The third kappa shape index (κ3) is 12.9. The second-order valence-electron chi connectivity index (χ2n) is 10.5. The Balaban J connectivity index is 0. The monoisotopic (exact) mass is 932 g/mol. The van der Waals surface area contributed by atoms with Crippen LogP contribution in [0.4, 0.5) is 0 Å². The molecule has 4 heterocycles. The fraction of sp³-hybridized carbons (Fsp3) is 0.143. The van der Waals surface area contributed by atoms with Crippen molar-refractivity contribution in [3.8, 4) is 0 Å². The molecular formula is C28H32N4O16P4Zn2. The van der Waals surface area contributed by atoms with Crippen molar-refractivity contribution in [2.75, 3.05) is 0 Å². The Morgan fingerprint density at radius 3 is 0.741 bits per heavy atom. The van der Waals surface area contributed by atoms with Crippen molar-refractivity contribution in [3.63, 3.8) is 0 Å². The Morgan fingerprint density at radius 2 is 0.611 bits per heavy atom. The third-order valence-electron chi connectivity index (χ3n) is 6.83. The van der Waals surface area contributed by atoms with Crippen molar-refractivity contribution in [3.05, 3.63) is 97.6 Å². The Labute approximate surface area is 331 Å². The second-order valence-corrected chi connectivity index (χ2v) is 18.8. The van der Waals surface area contributed by atoms with Crippen LogP contribution in [0.5, 0.6) is 0 Å². The molecule has 4 atom stereocenters. The molecule has 0 spiro atoms. The van der Waals surface area contributed by atoms with Crippen molar-refractivity contribution < 1.29 is 118 Å². The van der Waals surface area contributed by atoms with Gasteiger partial charge in [-0.25, -0.2) is 0 Å². The largest absolute Gasteiger partial charge is 2.00 e. The van der Waals surface area contributed by atoms with E-state index in [0.717, 1.165) is 43.6 Å². The van der Waals surface area contributed by atoms with Gasteiger partial charge in [-0.05, 0) is 38.1 Å². The van der Waals surface area contributed by atoms with E-state index in [2.05, 4.69) is 68.5 Å². The maximum atomic E-state index is 10.1. The molecule has 0 bridgehead atoms. The van der Waals surface area contributed by atoms with E-state index >= 15 is 0 Å². The molecule has 2 aromatic carbocycles. The number of aromatic nitrogens is 4. The van der Waals surface area contributed by atoms with Gasteiger partial charge in [-0.1, -0.05) is 48.5 Å². The van der Waals surface area contributed by atoms with Gasteiger partial charge >= 0.3 is 39.0 Å². The van der Waals surface area contributed by atoms with Gasteiger partial charge in [-0.15, -0.1) is 0 Å². The standard InChI is InChI=1S/2C12H8N2.2C2H8O7P2.2H2O.2Zn/c2*1-3-9-5-6-10-4-2-8-14-12(10)11(9)13-7-1;2*1-2(3,10(4,5)6)11(7,8)9;;;;/h2*1-8H;2*3H,1H3,(H2,4,5,6)(H2,7,8,9);2*1H2;;/q;;;;;;2*+2/p-4. The number of aliphatic hydroxyl groups is 2. The summed E-state index contributed by atoms with van der Waals surface area (Å²) in [4.78, 5) is 90.2. The second kappa shape index (κ2) is 20.8. The smallest absolute Gasteiger partial charge is 0.776 e. The predicted molar refractivity (Wildman–Crippen MR) is 182 cm³/mol. The summed E-state index contributed by atoms with van der Waals surface area (Å²) in [5.41, 5.74) is 3.91. The molecule has 4 unspecified atom stereocenters. The molecule has 0 fully saturated rings. The van der Waals surface area contributed by atoms with Crippen LogP contribution in [0.3, 0.4) is 0 Å². The van der Waals surface area contributed by atoms with Crippen LogP contribution in [-0.2, 0) is 57.2 Å². The summed E-state index contributed by atoms with van der Waals surface area (Å²) in [5.74, 6) is 0. The first-order valence-electron chi connectivity index (χ1n) is 13.7. The van der Waals surface area contributed by atoms with Crippen molar-refractivity contribution in [1.82, 2.24) is 19.9 Å². The van der Waals surface area contributed by atoms with Gasteiger partial charge in [0.05, 0.1) is 22.1 Å². The minimum absolute atomic E-state index is 0. The summed E-state index contributed by atoms with van der Waals surface area (Å²) in [5, 5.41) is 14.6. The summed E-state index contributed by atoms with van der Waals surface area (Å²) < 4.78 is 40.4. The van der Waals surface area contributed by atoms with Crippen molar-refractivity contribution in [2.24, 2.45) is 0 Å². The van der Waals surface area contributed by atoms with Crippen LogP contribution in [0.25, 0.3) is 43.6 Å². The first-order chi connectivity index (χ1) is 22.9.